The molecule has 1 nitrogen and oxygen atoms in total. The van der Waals surface area contributed by atoms with Gasteiger partial charge in [-0.2, -0.15) is 0 Å². The molecular weight excluding hydrogens is 314 g/mol. The third-order valence-corrected chi connectivity index (χ3v) is 5.74. The zero-order valence-corrected chi connectivity index (χ0v) is 17.6. The van der Waals surface area contributed by atoms with Gasteiger partial charge in [-0.15, -0.1) is 0 Å². The Morgan fingerprint density at radius 3 is 2.00 bits per heavy atom. The molecule has 0 aliphatic heterocycles. The summed E-state index contributed by atoms with van der Waals surface area (Å²) in [6, 6.07) is 11.7. The first-order chi connectivity index (χ1) is 12.2. The van der Waals surface area contributed by atoms with Gasteiger partial charge in [0.2, 0.25) is 5.69 Å². The molecule has 0 N–H and O–H groups in total. The van der Waals surface area contributed by atoms with Gasteiger partial charge in [0.1, 0.15) is 7.05 Å². The fraction of sp³-hybridized carbons (Fsp3) is 0.400. The fourth-order valence-electron chi connectivity index (χ4n) is 3.87. The van der Waals surface area contributed by atoms with E-state index in [9.17, 15) is 0 Å². The Balaban J connectivity index is 2.39. The summed E-state index contributed by atoms with van der Waals surface area (Å²) in [5.41, 5.74) is 9.59. The van der Waals surface area contributed by atoms with Crippen molar-refractivity contribution in [2.24, 2.45) is 7.05 Å². The largest absolute Gasteiger partial charge is 0.220 e. The van der Waals surface area contributed by atoms with Gasteiger partial charge < -0.3 is 0 Å². The maximum Gasteiger partial charge on any atom is 0.220 e. The van der Waals surface area contributed by atoms with Crippen LogP contribution in [0.15, 0.2) is 36.5 Å². The molecule has 0 aliphatic rings. The highest BCUT2D eigenvalue weighted by Crippen LogP contribution is 2.34. The lowest BCUT2D eigenvalue weighted by Crippen LogP contribution is -2.31. The van der Waals surface area contributed by atoms with E-state index in [4.69, 9.17) is 0 Å². The van der Waals surface area contributed by atoms with Crippen molar-refractivity contribution in [2.45, 2.75) is 60.3 Å². The Morgan fingerprint density at radius 1 is 0.731 bits per heavy atom. The molecule has 3 aromatic rings. The Kier molecular flexibility index (Phi) is 4.92. The van der Waals surface area contributed by atoms with Crippen LogP contribution in [0.25, 0.3) is 22.0 Å². The molecular formula is C25H32N+. The second kappa shape index (κ2) is 6.87. The molecule has 0 bridgehead atoms. The van der Waals surface area contributed by atoms with Crippen molar-refractivity contribution in [1.29, 1.82) is 0 Å². The summed E-state index contributed by atoms with van der Waals surface area (Å²) >= 11 is 0. The Bertz CT molecular complexity index is 977. The predicted molar refractivity (Wildman–Crippen MR) is 113 cm³/mol. The number of fused-ring (bicyclic) bond motifs is 1. The smallest absolute Gasteiger partial charge is 0.200 e. The first-order valence-corrected chi connectivity index (χ1v) is 9.75. The number of nitrogens with zero attached hydrogens (tertiary/aromatic N) is 1. The van der Waals surface area contributed by atoms with Gasteiger partial charge in [0.25, 0.3) is 0 Å². The molecule has 0 saturated heterocycles. The lowest BCUT2D eigenvalue weighted by molar-refractivity contribution is -0.659. The molecule has 0 saturated carbocycles. The molecule has 0 fully saturated rings. The van der Waals surface area contributed by atoms with E-state index in [2.05, 4.69) is 96.6 Å². The van der Waals surface area contributed by atoms with Gasteiger partial charge >= 0.3 is 0 Å². The van der Waals surface area contributed by atoms with Crippen molar-refractivity contribution in [3.8, 4) is 11.3 Å². The molecule has 136 valence electrons. The van der Waals surface area contributed by atoms with E-state index < -0.39 is 0 Å². The van der Waals surface area contributed by atoms with Gasteiger partial charge in [0.15, 0.2) is 6.20 Å². The molecule has 0 atom stereocenters. The van der Waals surface area contributed by atoms with E-state index in [1.165, 1.54) is 49.8 Å². The molecule has 0 radical (unpaired) electrons. The van der Waals surface area contributed by atoms with E-state index in [-0.39, 0.29) is 0 Å². The number of aromatic nitrogens is 1. The van der Waals surface area contributed by atoms with Crippen molar-refractivity contribution < 1.29 is 4.57 Å². The van der Waals surface area contributed by atoms with Crippen molar-refractivity contribution in [3.05, 3.63) is 64.3 Å². The van der Waals surface area contributed by atoms with Gasteiger partial charge in [0, 0.05) is 5.56 Å². The summed E-state index contributed by atoms with van der Waals surface area (Å²) < 4.78 is 2.30. The number of pyridine rings is 1. The van der Waals surface area contributed by atoms with E-state index in [1.54, 1.807) is 0 Å². The van der Waals surface area contributed by atoms with Crippen LogP contribution in [0.2, 0.25) is 0 Å². The van der Waals surface area contributed by atoms with Crippen molar-refractivity contribution in [1.82, 2.24) is 0 Å². The highest BCUT2D eigenvalue weighted by Gasteiger charge is 2.21. The quantitative estimate of drug-likeness (QED) is 0.476. The molecule has 1 heterocycles. The minimum atomic E-state index is 0.530. The molecule has 0 spiro atoms. The molecule has 1 aromatic heterocycles. The molecule has 3 rings (SSSR count). The summed E-state index contributed by atoms with van der Waals surface area (Å²) in [4.78, 5) is 0. The van der Waals surface area contributed by atoms with Gasteiger partial charge in [-0.05, 0) is 72.4 Å². The van der Waals surface area contributed by atoms with Crippen LogP contribution in [0.4, 0.5) is 0 Å². The van der Waals surface area contributed by atoms with Crippen LogP contribution in [0, 0.1) is 20.8 Å². The normalized spacial score (nSPS) is 11.8. The second-order valence-corrected chi connectivity index (χ2v) is 8.40. The van der Waals surface area contributed by atoms with Crippen LogP contribution in [0.5, 0.6) is 0 Å². The van der Waals surface area contributed by atoms with E-state index >= 15 is 0 Å². The summed E-state index contributed by atoms with van der Waals surface area (Å²) in [6.45, 7) is 15.8. The standard InChI is InChI=1S/C25H32N/c1-15(2)20-9-10-22-23(12-20)18(6)14-26(8)25(22)24-13-21(16(3)4)11-17(5)19(24)7/h9-16H,1-8H3/q+1. The predicted octanol–water partition coefficient (Wildman–Crippen LogP) is 6.50. The van der Waals surface area contributed by atoms with Gasteiger partial charge in [-0.25, -0.2) is 4.57 Å². The van der Waals surface area contributed by atoms with Crippen LogP contribution in [0.1, 0.15) is 67.3 Å². The number of rotatable bonds is 3. The maximum absolute atomic E-state index is 2.40. The Labute approximate surface area is 158 Å². The summed E-state index contributed by atoms with van der Waals surface area (Å²) in [6.07, 6.45) is 2.28. The summed E-state index contributed by atoms with van der Waals surface area (Å²) in [5, 5.41) is 2.72. The van der Waals surface area contributed by atoms with Crippen LogP contribution in [-0.2, 0) is 7.05 Å². The summed E-state index contributed by atoms with van der Waals surface area (Å²) in [5.74, 6) is 1.08. The SMILES string of the molecule is Cc1cc(C(C)C)cc(-c2c3ccc(C(C)C)cc3c(C)c[n+]2C)c1C. The average Bonchev–Trinajstić information content (AvgIpc) is 2.57. The highest BCUT2D eigenvalue weighted by atomic mass is 14.9. The zero-order valence-electron chi connectivity index (χ0n) is 17.6. The van der Waals surface area contributed by atoms with Crippen LogP contribution >= 0.6 is 0 Å². The van der Waals surface area contributed by atoms with Crippen molar-refractivity contribution in [2.75, 3.05) is 0 Å². The summed E-state index contributed by atoms with van der Waals surface area (Å²) in [7, 11) is 2.18. The molecule has 0 unspecified atom stereocenters. The first kappa shape index (κ1) is 18.6. The van der Waals surface area contributed by atoms with Crippen LogP contribution in [0.3, 0.4) is 0 Å². The Morgan fingerprint density at radius 2 is 1.38 bits per heavy atom. The third kappa shape index (κ3) is 3.16. The average molecular weight is 347 g/mol. The second-order valence-electron chi connectivity index (χ2n) is 8.40. The number of aryl methyl sites for hydroxylation is 3. The lowest BCUT2D eigenvalue weighted by Gasteiger charge is -2.16. The van der Waals surface area contributed by atoms with Crippen LogP contribution < -0.4 is 4.57 Å². The molecule has 0 amide bonds. The van der Waals surface area contributed by atoms with E-state index in [0.717, 1.165) is 0 Å². The fourth-order valence-corrected chi connectivity index (χ4v) is 3.87. The maximum atomic E-state index is 2.40. The lowest BCUT2D eigenvalue weighted by atomic mass is 9.89. The van der Waals surface area contributed by atoms with Gasteiger partial charge in [0.05, 0.1) is 10.9 Å². The first-order valence-electron chi connectivity index (χ1n) is 9.75. The van der Waals surface area contributed by atoms with Crippen molar-refractivity contribution >= 4 is 10.8 Å². The van der Waals surface area contributed by atoms with E-state index in [0.29, 0.717) is 11.8 Å². The topological polar surface area (TPSA) is 3.88 Å². The van der Waals surface area contributed by atoms with Crippen LogP contribution in [-0.4, -0.2) is 0 Å². The molecule has 26 heavy (non-hydrogen) atoms. The van der Waals surface area contributed by atoms with E-state index in [1.807, 2.05) is 0 Å². The molecule has 1 heteroatoms. The van der Waals surface area contributed by atoms with Crippen molar-refractivity contribution in [3.63, 3.8) is 0 Å². The minimum Gasteiger partial charge on any atom is -0.200 e. The zero-order chi connectivity index (χ0) is 19.2. The minimum absolute atomic E-state index is 0.530. The third-order valence-electron chi connectivity index (χ3n) is 5.74. The highest BCUT2D eigenvalue weighted by molar-refractivity contribution is 5.96. The number of benzene rings is 2. The number of hydrogen-bond acceptors (Lipinski definition) is 0. The van der Waals surface area contributed by atoms with Gasteiger partial charge in [-0.3, -0.25) is 0 Å². The molecule has 2 aromatic carbocycles. The molecule has 0 aliphatic carbocycles. The number of hydrogen-bond donors (Lipinski definition) is 0. The van der Waals surface area contributed by atoms with Gasteiger partial charge in [-0.1, -0.05) is 45.9 Å². The monoisotopic (exact) mass is 346 g/mol. The Hall–Kier alpha value is -2.15.